The van der Waals surface area contributed by atoms with E-state index in [0.29, 0.717) is 0 Å². The molecule has 0 aromatic rings. The summed E-state index contributed by atoms with van der Waals surface area (Å²) < 4.78 is 0. The standard InChI is InChI=1S/C8H16N/c1-2-3-4-5-6-7-8-9/h7-9H,2-6H2,1H3. The molecule has 0 aliphatic rings. The Morgan fingerprint density at radius 2 is 2.00 bits per heavy atom. The summed E-state index contributed by atoms with van der Waals surface area (Å²) in [7, 11) is 0. The highest BCUT2D eigenvalue weighted by atomic mass is 14.5. The van der Waals surface area contributed by atoms with E-state index < -0.39 is 0 Å². The van der Waals surface area contributed by atoms with Gasteiger partial charge in [-0.3, -0.25) is 0 Å². The lowest BCUT2D eigenvalue weighted by Crippen LogP contribution is -1.73. The normalized spacial score (nSPS) is 10.8. The molecule has 0 aromatic heterocycles. The number of rotatable bonds is 5. The maximum Gasteiger partial charge on any atom is 0.0137 e. The van der Waals surface area contributed by atoms with Crippen molar-refractivity contribution in [2.45, 2.75) is 39.0 Å². The highest BCUT2D eigenvalue weighted by Gasteiger charge is 1.82. The number of hydrogen-bond donors (Lipinski definition) is 0. The van der Waals surface area contributed by atoms with Crippen LogP contribution in [0.25, 0.3) is 0 Å². The molecule has 0 saturated heterocycles. The Hall–Kier alpha value is -0.460. The summed E-state index contributed by atoms with van der Waals surface area (Å²) >= 11 is 0. The minimum absolute atomic E-state index is 1.09. The maximum absolute atomic E-state index is 6.70. The topological polar surface area (TPSA) is 23.8 Å². The van der Waals surface area contributed by atoms with Crippen molar-refractivity contribution in [2.24, 2.45) is 0 Å². The van der Waals surface area contributed by atoms with Gasteiger partial charge < -0.3 is 5.73 Å². The monoisotopic (exact) mass is 126 g/mol. The average molecular weight is 126 g/mol. The van der Waals surface area contributed by atoms with Crippen molar-refractivity contribution in [1.82, 2.24) is 5.73 Å². The minimum atomic E-state index is 1.09. The second kappa shape index (κ2) is 7.54. The summed E-state index contributed by atoms with van der Waals surface area (Å²) in [5.74, 6) is 0. The van der Waals surface area contributed by atoms with Gasteiger partial charge in [-0.15, -0.1) is 0 Å². The van der Waals surface area contributed by atoms with Gasteiger partial charge in [0.2, 0.25) is 0 Å². The Balaban J connectivity index is 2.75. The first-order valence-corrected chi connectivity index (χ1v) is 3.74. The third kappa shape index (κ3) is 7.54. The molecule has 0 heterocycles. The van der Waals surface area contributed by atoms with Crippen molar-refractivity contribution in [3.05, 3.63) is 12.3 Å². The van der Waals surface area contributed by atoms with Crippen molar-refractivity contribution in [3.63, 3.8) is 0 Å². The molecule has 0 aromatic carbocycles. The van der Waals surface area contributed by atoms with E-state index in [4.69, 9.17) is 5.73 Å². The SMILES string of the molecule is CCCCCCC=C[NH]. The largest absolute Gasteiger partial charge is 0.309 e. The van der Waals surface area contributed by atoms with Gasteiger partial charge in [0.1, 0.15) is 0 Å². The predicted molar refractivity (Wildman–Crippen MR) is 41.0 cm³/mol. The van der Waals surface area contributed by atoms with E-state index in [9.17, 15) is 0 Å². The first kappa shape index (κ1) is 8.54. The quantitative estimate of drug-likeness (QED) is 0.506. The van der Waals surface area contributed by atoms with Crippen LogP contribution in [0.15, 0.2) is 12.3 Å². The Kier molecular flexibility index (Phi) is 7.15. The summed E-state index contributed by atoms with van der Waals surface area (Å²) in [6, 6.07) is 0. The minimum Gasteiger partial charge on any atom is -0.309 e. The van der Waals surface area contributed by atoms with Gasteiger partial charge >= 0.3 is 0 Å². The first-order valence-electron chi connectivity index (χ1n) is 3.74. The van der Waals surface area contributed by atoms with Crippen LogP contribution >= 0.6 is 0 Å². The zero-order valence-electron chi connectivity index (χ0n) is 6.19. The van der Waals surface area contributed by atoms with Crippen LogP contribution in [-0.4, -0.2) is 0 Å². The van der Waals surface area contributed by atoms with Gasteiger partial charge in [-0.05, 0) is 12.8 Å². The van der Waals surface area contributed by atoms with Crippen LogP contribution in [0.2, 0.25) is 0 Å². The summed E-state index contributed by atoms with van der Waals surface area (Å²) in [5.41, 5.74) is 6.70. The van der Waals surface area contributed by atoms with Crippen molar-refractivity contribution in [2.75, 3.05) is 0 Å². The summed E-state index contributed by atoms with van der Waals surface area (Å²) in [5, 5.41) is 0. The molecule has 0 aliphatic heterocycles. The highest BCUT2D eigenvalue weighted by molar-refractivity contribution is 4.74. The average Bonchev–Trinajstić information content (AvgIpc) is 1.89. The lowest BCUT2D eigenvalue weighted by atomic mass is 10.1. The molecule has 0 fully saturated rings. The predicted octanol–water partition coefficient (Wildman–Crippen LogP) is 2.75. The first-order chi connectivity index (χ1) is 4.41. The molecule has 0 atom stereocenters. The molecule has 0 spiro atoms. The molecule has 1 N–H and O–H groups in total. The van der Waals surface area contributed by atoms with E-state index in [-0.39, 0.29) is 0 Å². The maximum atomic E-state index is 6.70. The van der Waals surface area contributed by atoms with Crippen molar-refractivity contribution in [3.8, 4) is 0 Å². The van der Waals surface area contributed by atoms with Crippen LogP contribution in [-0.2, 0) is 0 Å². The molecule has 0 bridgehead atoms. The molecule has 0 amide bonds. The van der Waals surface area contributed by atoms with Crippen LogP contribution in [0, 0.1) is 0 Å². The van der Waals surface area contributed by atoms with E-state index in [1.54, 1.807) is 0 Å². The van der Waals surface area contributed by atoms with Gasteiger partial charge in [0.15, 0.2) is 0 Å². The van der Waals surface area contributed by atoms with Gasteiger partial charge in [0.05, 0.1) is 0 Å². The Labute approximate surface area is 57.9 Å². The second-order valence-corrected chi connectivity index (χ2v) is 2.25. The lowest BCUT2D eigenvalue weighted by molar-refractivity contribution is 0.674. The molecule has 9 heavy (non-hydrogen) atoms. The van der Waals surface area contributed by atoms with E-state index >= 15 is 0 Å². The molecule has 1 heteroatoms. The van der Waals surface area contributed by atoms with Gasteiger partial charge in [-0.25, -0.2) is 0 Å². The number of nitrogens with one attached hydrogen (secondary N) is 1. The summed E-state index contributed by atoms with van der Waals surface area (Å²) in [4.78, 5) is 0. The van der Waals surface area contributed by atoms with Crippen LogP contribution in [0.5, 0.6) is 0 Å². The smallest absolute Gasteiger partial charge is 0.0137 e. The Morgan fingerprint density at radius 1 is 1.22 bits per heavy atom. The van der Waals surface area contributed by atoms with E-state index in [1.165, 1.54) is 31.9 Å². The van der Waals surface area contributed by atoms with E-state index in [1.807, 2.05) is 6.08 Å². The molecule has 0 rings (SSSR count). The Morgan fingerprint density at radius 3 is 2.56 bits per heavy atom. The fraction of sp³-hybridized carbons (Fsp3) is 0.750. The Bertz CT molecular complexity index is 67.0. The fourth-order valence-corrected chi connectivity index (χ4v) is 0.772. The van der Waals surface area contributed by atoms with Crippen molar-refractivity contribution < 1.29 is 0 Å². The zero-order valence-corrected chi connectivity index (χ0v) is 6.19. The van der Waals surface area contributed by atoms with Crippen LogP contribution in [0.1, 0.15) is 39.0 Å². The highest BCUT2D eigenvalue weighted by Crippen LogP contribution is 2.01. The third-order valence-electron chi connectivity index (χ3n) is 1.34. The molecule has 0 unspecified atom stereocenters. The van der Waals surface area contributed by atoms with Crippen LogP contribution in [0.4, 0.5) is 0 Å². The fourth-order valence-electron chi connectivity index (χ4n) is 0.772. The molecule has 0 saturated carbocycles. The van der Waals surface area contributed by atoms with Crippen molar-refractivity contribution in [1.29, 1.82) is 0 Å². The van der Waals surface area contributed by atoms with Crippen LogP contribution in [0.3, 0.4) is 0 Å². The second-order valence-electron chi connectivity index (χ2n) is 2.25. The molecule has 53 valence electrons. The van der Waals surface area contributed by atoms with Crippen molar-refractivity contribution >= 4 is 0 Å². The zero-order chi connectivity index (χ0) is 6.95. The summed E-state index contributed by atoms with van der Waals surface area (Å²) in [6.45, 7) is 2.21. The molecular formula is C8H16N. The number of hydrogen-bond acceptors (Lipinski definition) is 0. The summed E-state index contributed by atoms with van der Waals surface area (Å²) in [6.07, 6.45) is 9.59. The van der Waals surface area contributed by atoms with Gasteiger partial charge in [0.25, 0.3) is 0 Å². The van der Waals surface area contributed by atoms with E-state index in [2.05, 4.69) is 6.92 Å². The van der Waals surface area contributed by atoms with Gasteiger partial charge in [0, 0.05) is 6.20 Å². The molecule has 1 nitrogen and oxygen atoms in total. The molecular weight excluding hydrogens is 110 g/mol. The van der Waals surface area contributed by atoms with Gasteiger partial charge in [-0.2, -0.15) is 0 Å². The van der Waals surface area contributed by atoms with Crippen LogP contribution < -0.4 is 5.73 Å². The number of allylic oxidation sites excluding steroid dienone is 1. The lowest BCUT2D eigenvalue weighted by Gasteiger charge is -1.92. The molecule has 0 aliphatic carbocycles. The molecule has 1 radical (unpaired) electrons. The van der Waals surface area contributed by atoms with E-state index in [0.717, 1.165) is 6.42 Å². The third-order valence-corrected chi connectivity index (χ3v) is 1.34. The number of unbranched alkanes of at least 4 members (excludes halogenated alkanes) is 4. The van der Waals surface area contributed by atoms with Gasteiger partial charge in [-0.1, -0.05) is 32.3 Å².